The second kappa shape index (κ2) is 15.9. The third-order valence-electron chi connectivity index (χ3n) is 9.90. The molecule has 0 radical (unpaired) electrons. The van der Waals surface area contributed by atoms with Crippen molar-refractivity contribution in [2.24, 2.45) is 5.84 Å². The van der Waals surface area contributed by atoms with E-state index >= 15 is 0 Å². The van der Waals surface area contributed by atoms with Gasteiger partial charge in [0.1, 0.15) is 0 Å². The zero-order chi connectivity index (χ0) is 35.0. The number of allylic oxidation sites excluding steroid dienone is 7. The van der Waals surface area contributed by atoms with Crippen molar-refractivity contribution in [1.29, 1.82) is 0 Å². The molecular weight excluding hydrogens is 621 g/mol. The van der Waals surface area contributed by atoms with Gasteiger partial charge in [0.15, 0.2) is 0 Å². The second-order valence-electron chi connectivity index (χ2n) is 13.4. The molecule has 8 rings (SSSR count). The standard InChI is InChI=1S/C25H21N.C22H25N3/c1-2-8-19(9-3-1)18-20-14-16-21(17-15-20)26-24-12-6-4-10-22(24)23-11-5-7-13-25(23)26;1-16(19-9-5-6-17(13-19)15-25-24)12-21-14-20(10-11-22(21)23)18-7-3-2-4-8-18/h1-17,22,24H,18H2;3,5-14,25H,2,4,15,23-24H2,1H3/b;16-12+. The number of hydrazine groups is 1. The molecule has 0 fully saturated rings. The van der Waals surface area contributed by atoms with Gasteiger partial charge >= 0.3 is 0 Å². The minimum absolute atomic E-state index is 0.373. The quantitative estimate of drug-likeness (QED) is 0.0667. The largest absolute Gasteiger partial charge is 0.398 e. The van der Waals surface area contributed by atoms with E-state index in [0.29, 0.717) is 18.5 Å². The summed E-state index contributed by atoms with van der Waals surface area (Å²) in [4.78, 5) is 2.48. The Labute approximate surface area is 302 Å². The third kappa shape index (κ3) is 7.89. The molecule has 0 saturated carbocycles. The number of nitrogens with two attached hydrogens (primary N) is 2. The van der Waals surface area contributed by atoms with E-state index in [9.17, 15) is 0 Å². The predicted octanol–water partition coefficient (Wildman–Crippen LogP) is 10.5. The Bertz CT molecular complexity index is 2120. The lowest BCUT2D eigenvalue weighted by Crippen LogP contribution is -2.28. The number of rotatable bonds is 8. The molecule has 0 saturated heterocycles. The van der Waals surface area contributed by atoms with Crippen LogP contribution in [0.15, 0.2) is 164 Å². The maximum absolute atomic E-state index is 6.21. The molecule has 2 aliphatic carbocycles. The van der Waals surface area contributed by atoms with Crippen molar-refractivity contribution in [2.45, 2.75) is 44.7 Å². The van der Waals surface area contributed by atoms with Gasteiger partial charge in [-0.25, -0.2) is 0 Å². The van der Waals surface area contributed by atoms with Crippen molar-refractivity contribution < 1.29 is 0 Å². The van der Waals surface area contributed by atoms with Gasteiger partial charge in [0.05, 0.1) is 6.04 Å². The molecule has 51 heavy (non-hydrogen) atoms. The summed E-state index contributed by atoms with van der Waals surface area (Å²) in [5.41, 5.74) is 23.5. The van der Waals surface area contributed by atoms with Gasteiger partial charge < -0.3 is 10.6 Å². The summed E-state index contributed by atoms with van der Waals surface area (Å²) in [7, 11) is 0. The van der Waals surface area contributed by atoms with Gasteiger partial charge in [-0.2, -0.15) is 0 Å². The van der Waals surface area contributed by atoms with E-state index in [1.54, 1.807) is 0 Å². The Balaban J connectivity index is 0.000000159. The fraction of sp³-hybridized carbons (Fsp3) is 0.149. The van der Waals surface area contributed by atoms with Gasteiger partial charge in [-0.1, -0.05) is 134 Å². The molecule has 0 spiro atoms. The minimum atomic E-state index is 0.373. The average Bonchev–Trinajstić information content (AvgIpc) is 3.52. The van der Waals surface area contributed by atoms with E-state index in [4.69, 9.17) is 11.6 Å². The van der Waals surface area contributed by atoms with Gasteiger partial charge in [0.2, 0.25) is 0 Å². The van der Waals surface area contributed by atoms with Crippen molar-refractivity contribution in [3.05, 3.63) is 203 Å². The molecule has 254 valence electrons. The third-order valence-corrected chi connectivity index (χ3v) is 9.90. The Hall–Kier alpha value is -5.68. The second-order valence-corrected chi connectivity index (χ2v) is 13.4. The molecule has 0 aromatic heterocycles. The number of nitrogens with zero attached hydrogens (tertiary/aromatic N) is 1. The van der Waals surface area contributed by atoms with E-state index in [0.717, 1.165) is 36.1 Å². The molecule has 1 aliphatic heterocycles. The molecule has 0 amide bonds. The van der Waals surface area contributed by atoms with Crippen molar-refractivity contribution in [2.75, 3.05) is 10.6 Å². The summed E-state index contributed by atoms with van der Waals surface area (Å²) in [6, 6.07) is 43.5. The molecule has 4 heteroatoms. The Kier molecular flexibility index (Phi) is 10.5. The fourth-order valence-electron chi connectivity index (χ4n) is 7.26. The molecule has 2 unspecified atom stereocenters. The first-order valence-corrected chi connectivity index (χ1v) is 17.9. The zero-order valence-electron chi connectivity index (χ0n) is 29.3. The van der Waals surface area contributed by atoms with Crippen LogP contribution in [0.5, 0.6) is 0 Å². The van der Waals surface area contributed by atoms with Crippen LogP contribution in [0.2, 0.25) is 0 Å². The number of fused-ring (bicyclic) bond motifs is 3. The molecule has 0 bridgehead atoms. The normalized spacial score (nSPS) is 17.3. The zero-order valence-corrected chi connectivity index (χ0v) is 29.3. The molecule has 2 atom stereocenters. The number of anilines is 3. The summed E-state index contributed by atoms with van der Waals surface area (Å²) in [5, 5.41) is 0. The van der Waals surface area contributed by atoms with Gasteiger partial charge in [0, 0.05) is 29.5 Å². The van der Waals surface area contributed by atoms with E-state index in [1.807, 2.05) is 6.07 Å². The van der Waals surface area contributed by atoms with Crippen LogP contribution >= 0.6 is 0 Å². The molecule has 1 heterocycles. The molecule has 5 aromatic rings. The monoisotopic (exact) mass is 666 g/mol. The van der Waals surface area contributed by atoms with Crippen LogP contribution in [-0.2, 0) is 13.0 Å². The summed E-state index contributed by atoms with van der Waals surface area (Å²) < 4.78 is 0. The van der Waals surface area contributed by atoms with Crippen LogP contribution in [0, 0.1) is 0 Å². The maximum Gasteiger partial charge on any atom is 0.0629 e. The number of hydrogen-bond acceptors (Lipinski definition) is 4. The number of para-hydroxylation sites is 1. The van der Waals surface area contributed by atoms with Crippen LogP contribution in [0.1, 0.15) is 64.6 Å². The van der Waals surface area contributed by atoms with Crippen LogP contribution in [0.4, 0.5) is 17.1 Å². The maximum atomic E-state index is 6.21. The Morgan fingerprint density at radius 2 is 1.55 bits per heavy atom. The van der Waals surface area contributed by atoms with Gasteiger partial charge in [-0.05, 0) is 113 Å². The highest BCUT2D eigenvalue weighted by Crippen LogP contribution is 2.47. The molecule has 5 aromatic carbocycles. The van der Waals surface area contributed by atoms with Crippen molar-refractivity contribution in [3.63, 3.8) is 0 Å². The Morgan fingerprint density at radius 1 is 0.784 bits per heavy atom. The number of nitrogen functional groups attached to an aromatic ring is 1. The summed E-state index contributed by atoms with van der Waals surface area (Å²) in [5.74, 6) is 5.87. The summed E-state index contributed by atoms with van der Waals surface area (Å²) >= 11 is 0. The lowest BCUT2D eigenvalue weighted by Gasteiger charge is -2.28. The van der Waals surface area contributed by atoms with Gasteiger partial charge in [-0.3, -0.25) is 11.3 Å². The van der Waals surface area contributed by atoms with Gasteiger partial charge in [-0.15, -0.1) is 0 Å². The highest BCUT2D eigenvalue weighted by molar-refractivity contribution is 5.86. The first-order valence-electron chi connectivity index (χ1n) is 17.9. The van der Waals surface area contributed by atoms with Crippen molar-refractivity contribution in [3.8, 4) is 0 Å². The van der Waals surface area contributed by atoms with E-state index < -0.39 is 0 Å². The lowest BCUT2D eigenvalue weighted by atomic mass is 9.91. The van der Waals surface area contributed by atoms with Crippen LogP contribution < -0.4 is 21.9 Å². The van der Waals surface area contributed by atoms with E-state index in [-0.39, 0.29) is 0 Å². The van der Waals surface area contributed by atoms with Gasteiger partial charge in [0.25, 0.3) is 0 Å². The minimum Gasteiger partial charge on any atom is -0.398 e. The van der Waals surface area contributed by atoms with Crippen LogP contribution in [0.3, 0.4) is 0 Å². The molecule has 3 aliphatic rings. The summed E-state index contributed by atoms with van der Waals surface area (Å²) in [6.07, 6.45) is 21.1. The molecule has 4 nitrogen and oxygen atoms in total. The van der Waals surface area contributed by atoms with Crippen molar-refractivity contribution >= 4 is 34.3 Å². The number of hydrogen-bond donors (Lipinski definition) is 3. The van der Waals surface area contributed by atoms with E-state index in [2.05, 4.69) is 181 Å². The lowest BCUT2D eigenvalue weighted by molar-refractivity contribution is 0.741. The molecular formula is C47H46N4. The topological polar surface area (TPSA) is 67.3 Å². The Morgan fingerprint density at radius 3 is 2.35 bits per heavy atom. The smallest absolute Gasteiger partial charge is 0.0629 e. The molecule has 5 N–H and O–H groups in total. The predicted molar refractivity (Wildman–Crippen MR) is 217 cm³/mol. The number of benzene rings is 5. The fourth-order valence-corrected chi connectivity index (χ4v) is 7.26. The number of nitrogens with one attached hydrogen (secondary N) is 1. The highest BCUT2D eigenvalue weighted by Gasteiger charge is 2.36. The van der Waals surface area contributed by atoms with Crippen molar-refractivity contribution in [1.82, 2.24) is 5.43 Å². The highest BCUT2D eigenvalue weighted by atomic mass is 15.2. The SMILES string of the molecule is C/C(=C\c1cc(C2=CCCC=C2)ccc1N)c1cccc(CNN)c1.C1=CC2c3ccccc3N(c3ccc(Cc4ccccc4)cc3)C2C=C1. The average molecular weight is 667 g/mol. The van der Waals surface area contributed by atoms with E-state index in [1.165, 1.54) is 50.3 Å². The van der Waals surface area contributed by atoms with Crippen LogP contribution in [-0.4, -0.2) is 6.04 Å². The summed E-state index contributed by atoms with van der Waals surface area (Å²) in [6.45, 7) is 2.76. The van der Waals surface area contributed by atoms with Crippen LogP contribution in [0.25, 0.3) is 17.2 Å². The first kappa shape index (κ1) is 33.8. The first-order chi connectivity index (χ1) is 25.1.